The number of rotatable bonds is 5. The Bertz CT molecular complexity index is 1370. The van der Waals surface area contributed by atoms with Gasteiger partial charge in [0.2, 0.25) is 5.91 Å². The van der Waals surface area contributed by atoms with E-state index < -0.39 is 23.6 Å². The summed E-state index contributed by atoms with van der Waals surface area (Å²) in [5.41, 5.74) is 6.71. The largest absolute Gasteiger partial charge is 0.366 e. The summed E-state index contributed by atoms with van der Waals surface area (Å²) in [4.78, 5) is 30.5. The molecule has 2 heterocycles. The van der Waals surface area contributed by atoms with Gasteiger partial charge in [0.15, 0.2) is 0 Å². The molecule has 1 aliphatic carbocycles. The molecule has 0 radical (unpaired) electrons. The van der Waals surface area contributed by atoms with Crippen LogP contribution >= 0.6 is 0 Å². The molecule has 36 heavy (non-hydrogen) atoms. The molecule has 9 heteroatoms. The molecule has 2 aliphatic rings. The molecule has 186 valence electrons. The maximum absolute atomic E-state index is 14.1. The van der Waals surface area contributed by atoms with Crippen LogP contribution in [0.25, 0.3) is 10.9 Å². The number of primary amides is 1. The Morgan fingerprint density at radius 3 is 2.58 bits per heavy atom. The highest BCUT2D eigenvalue weighted by Crippen LogP contribution is 2.37. The maximum atomic E-state index is 14.1. The Kier molecular flexibility index (Phi) is 6.46. The number of carbonyl (C=O) groups is 2. The second-order valence-electron chi connectivity index (χ2n) is 9.63. The zero-order chi connectivity index (χ0) is 25.4. The first kappa shape index (κ1) is 23.9. The summed E-state index contributed by atoms with van der Waals surface area (Å²) in [6, 6.07) is 10.3. The predicted molar refractivity (Wildman–Crippen MR) is 127 cm³/mol. The van der Waals surface area contributed by atoms with Crippen LogP contribution in [0.1, 0.15) is 59.6 Å². The fourth-order valence-electron chi connectivity index (χ4n) is 5.47. The molecule has 1 saturated heterocycles. The van der Waals surface area contributed by atoms with E-state index in [0.29, 0.717) is 49.3 Å². The number of benzene rings is 2. The van der Waals surface area contributed by atoms with Crippen LogP contribution in [-0.4, -0.2) is 28.1 Å². The van der Waals surface area contributed by atoms with Crippen LogP contribution in [0.15, 0.2) is 42.6 Å². The highest BCUT2D eigenvalue weighted by atomic mass is 19.1. The second kappa shape index (κ2) is 9.70. The van der Waals surface area contributed by atoms with E-state index in [1.807, 2.05) is 22.9 Å². The average molecular weight is 493 g/mol. The second-order valence-corrected chi connectivity index (χ2v) is 9.63. The number of nitriles is 1. The summed E-state index contributed by atoms with van der Waals surface area (Å²) in [7, 11) is 0. The van der Waals surface area contributed by atoms with Gasteiger partial charge in [0.05, 0.1) is 29.8 Å². The lowest BCUT2D eigenvalue weighted by Crippen LogP contribution is -2.37. The third-order valence-electron chi connectivity index (χ3n) is 7.33. The quantitative estimate of drug-likeness (QED) is 0.562. The van der Waals surface area contributed by atoms with E-state index in [0.717, 1.165) is 18.4 Å². The smallest absolute Gasteiger partial charge is 0.251 e. The summed E-state index contributed by atoms with van der Waals surface area (Å²) >= 11 is 0. The predicted octanol–water partition coefficient (Wildman–Crippen LogP) is 4.60. The summed E-state index contributed by atoms with van der Waals surface area (Å²) in [6.45, 7) is 1.05. The molecule has 0 unspecified atom stereocenters. The minimum atomic E-state index is -0.800. The molecule has 1 aromatic heterocycles. The van der Waals surface area contributed by atoms with Crippen LogP contribution in [0.5, 0.6) is 0 Å². The molecule has 5 rings (SSSR count). The van der Waals surface area contributed by atoms with Gasteiger partial charge in [-0.25, -0.2) is 13.8 Å². The highest BCUT2D eigenvalue weighted by Gasteiger charge is 2.37. The minimum absolute atomic E-state index is 0.105. The number of amides is 2. The highest BCUT2D eigenvalue weighted by molar-refractivity contribution is 5.97. The first-order chi connectivity index (χ1) is 17.3. The van der Waals surface area contributed by atoms with E-state index in [1.165, 1.54) is 29.3 Å². The summed E-state index contributed by atoms with van der Waals surface area (Å²) in [6.07, 6.45) is 5.48. The van der Waals surface area contributed by atoms with E-state index in [9.17, 15) is 18.4 Å². The van der Waals surface area contributed by atoms with Gasteiger partial charge in [-0.1, -0.05) is 0 Å². The number of halogens is 2. The zero-order valence-electron chi connectivity index (χ0n) is 19.6. The molecule has 1 aliphatic heterocycles. The van der Waals surface area contributed by atoms with Gasteiger partial charge >= 0.3 is 0 Å². The van der Waals surface area contributed by atoms with Crippen LogP contribution in [0.2, 0.25) is 0 Å². The molecule has 2 fully saturated rings. The van der Waals surface area contributed by atoms with Crippen LogP contribution in [0, 0.1) is 34.8 Å². The maximum Gasteiger partial charge on any atom is 0.251 e. The van der Waals surface area contributed by atoms with Crippen LogP contribution < -0.4 is 5.73 Å². The first-order valence-corrected chi connectivity index (χ1v) is 12.1. The van der Waals surface area contributed by atoms with E-state index in [-0.39, 0.29) is 23.0 Å². The van der Waals surface area contributed by atoms with Gasteiger partial charge in [-0.3, -0.25) is 14.4 Å². The average Bonchev–Trinajstić information content (AvgIpc) is 3.50. The Morgan fingerprint density at radius 2 is 1.86 bits per heavy atom. The van der Waals surface area contributed by atoms with Gasteiger partial charge in [-0.15, -0.1) is 0 Å². The molecule has 2 aromatic carbocycles. The number of nitrogens with zero attached hydrogens (tertiary/aromatic N) is 3. The van der Waals surface area contributed by atoms with Crippen molar-refractivity contribution in [3.63, 3.8) is 0 Å². The number of hydrogen-bond donors (Lipinski definition) is 1. The Morgan fingerprint density at radius 1 is 1.08 bits per heavy atom. The van der Waals surface area contributed by atoms with Gasteiger partial charge in [-0.05, 0) is 73.6 Å². The standard InChI is InChI=1S/C27H26F2N4O3/c28-21-10-17(14-30)9-20(11-21)24-6-8-36-33(24)27(35)18-3-1-16(2-4-18)15-32-7-5-19-12-23(29)22(26(31)34)13-25(19)32/h5,7,9-13,16,18,24H,1-4,6,8,15H2,(H2,31,34)/t16?,18?,24-/m0/s1. The molecule has 2 amide bonds. The summed E-state index contributed by atoms with van der Waals surface area (Å²) in [5.74, 6) is -1.91. The fourth-order valence-corrected chi connectivity index (χ4v) is 5.47. The lowest BCUT2D eigenvalue weighted by molar-refractivity contribution is -0.183. The lowest BCUT2D eigenvalue weighted by Gasteiger charge is -2.32. The van der Waals surface area contributed by atoms with Crippen LogP contribution in [0.3, 0.4) is 0 Å². The van der Waals surface area contributed by atoms with Crippen molar-refractivity contribution >= 4 is 22.7 Å². The molecular formula is C27H26F2N4O3. The van der Waals surface area contributed by atoms with E-state index in [1.54, 1.807) is 6.07 Å². The van der Waals surface area contributed by atoms with E-state index in [2.05, 4.69) is 0 Å². The van der Waals surface area contributed by atoms with E-state index >= 15 is 0 Å². The normalized spacial score (nSPS) is 22.0. The van der Waals surface area contributed by atoms with Crippen molar-refractivity contribution in [2.24, 2.45) is 17.6 Å². The Balaban J connectivity index is 1.24. The van der Waals surface area contributed by atoms with Gasteiger partial charge in [0.1, 0.15) is 11.6 Å². The molecule has 3 aromatic rings. The number of fused-ring (bicyclic) bond motifs is 1. The Hall–Kier alpha value is -3.77. The summed E-state index contributed by atoms with van der Waals surface area (Å²) in [5, 5.41) is 11.2. The molecule has 1 atom stereocenters. The number of nitrogens with two attached hydrogens (primary N) is 1. The molecule has 7 nitrogen and oxygen atoms in total. The van der Waals surface area contributed by atoms with Crippen molar-refractivity contribution in [3.8, 4) is 6.07 Å². The van der Waals surface area contributed by atoms with Crippen molar-refractivity contribution < 1.29 is 23.2 Å². The van der Waals surface area contributed by atoms with Crippen molar-refractivity contribution in [2.45, 2.75) is 44.7 Å². The number of aromatic nitrogens is 1. The Labute approximate surface area is 207 Å². The van der Waals surface area contributed by atoms with Crippen LogP contribution in [0.4, 0.5) is 8.78 Å². The minimum Gasteiger partial charge on any atom is -0.366 e. The van der Waals surface area contributed by atoms with Gasteiger partial charge in [-0.2, -0.15) is 5.26 Å². The first-order valence-electron chi connectivity index (χ1n) is 12.1. The van der Waals surface area contributed by atoms with Gasteiger partial charge in [0.25, 0.3) is 5.91 Å². The third-order valence-corrected chi connectivity index (χ3v) is 7.33. The topological polar surface area (TPSA) is 101 Å². The third kappa shape index (κ3) is 4.56. The molecule has 1 saturated carbocycles. The van der Waals surface area contributed by atoms with Crippen LogP contribution in [-0.2, 0) is 16.2 Å². The van der Waals surface area contributed by atoms with Crippen molar-refractivity contribution in [1.29, 1.82) is 5.26 Å². The molecule has 0 bridgehead atoms. The van der Waals surface area contributed by atoms with Gasteiger partial charge in [0, 0.05) is 36.0 Å². The SMILES string of the molecule is N#Cc1cc(F)cc([C@@H]2CCON2C(=O)C2CCC(Cn3ccc4cc(F)c(C(N)=O)cc43)CC2)c1. The number of hydroxylamine groups is 2. The fraction of sp³-hybridized carbons (Fsp3) is 0.370. The van der Waals surface area contributed by atoms with Crippen molar-refractivity contribution in [1.82, 2.24) is 9.63 Å². The number of hydrogen-bond acceptors (Lipinski definition) is 4. The lowest BCUT2D eigenvalue weighted by atomic mass is 9.81. The number of carbonyl (C=O) groups excluding carboxylic acids is 2. The molecular weight excluding hydrogens is 466 g/mol. The van der Waals surface area contributed by atoms with Gasteiger partial charge < -0.3 is 10.3 Å². The van der Waals surface area contributed by atoms with Crippen molar-refractivity contribution in [3.05, 3.63) is 70.9 Å². The molecule has 0 spiro atoms. The monoisotopic (exact) mass is 492 g/mol. The molecule has 2 N–H and O–H groups in total. The van der Waals surface area contributed by atoms with Crippen molar-refractivity contribution in [2.75, 3.05) is 6.61 Å². The zero-order valence-corrected chi connectivity index (χ0v) is 19.6. The van der Waals surface area contributed by atoms with E-state index in [4.69, 9.17) is 15.8 Å². The summed E-state index contributed by atoms with van der Waals surface area (Å²) < 4.78 is 30.1.